The van der Waals surface area contributed by atoms with Crippen LogP contribution in [0.4, 0.5) is 0 Å². The minimum atomic E-state index is -0.880. The van der Waals surface area contributed by atoms with Gasteiger partial charge in [-0.1, -0.05) is 18.2 Å². The number of nitrogens with one attached hydrogen (secondary N) is 1. The number of methoxy groups -OCH3 is 1. The molecule has 1 atom stereocenters. The second-order valence-electron chi connectivity index (χ2n) is 5.92. The summed E-state index contributed by atoms with van der Waals surface area (Å²) in [5, 5.41) is 11.5. The molecule has 0 aliphatic heterocycles. The number of rotatable bonds is 9. The number of nitriles is 1. The Morgan fingerprint density at radius 3 is 2.54 bits per heavy atom. The van der Waals surface area contributed by atoms with Crippen molar-refractivity contribution in [2.24, 2.45) is 0 Å². The first-order chi connectivity index (χ1) is 13.5. The van der Waals surface area contributed by atoms with Crippen molar-refractivity contribution < 1.29 is 23.8 Å². The number of esters is 1. The van der Waals surface area contributed by atoms with Crippen LogP contribution < -0.4 is 14.8 Å². The normalized spacial score (nSPS) is 11.0. The first kappa shape index (κ1) is 20.8. The Morgan fingerprint density at radius 2 is 1.86 bits per heavy atom. The van der Waals surface area contributed by atoms with E-state index in [4.69, 9.17) is 19.5 Å². The molecule has 2 aromatic carbocycles. The maximum Gasteiger partial charge on any atom is 0.347 e. The van der Waals surface area contributed by atoms with Crippen molar-refractivity contribution >= 4 is 11.9 Å². The van der Waals surface area contributed by atoms with Gasteiger partial charge in [0.1, 0.15) is 11.5 Å². The van der Waals surface area contributed by atoms with E-state index >= 15 is 0 Å². The molecule has 7 heteroatoms. The van der Waals surface area contributed by atoms with Gasteiger partial charge in [-0.05, 0) is 49.2 Å². The van der Waals surface area contributed by atoms with E-state index in [9.17, 15) is 9.59 Å². The van der Waals surface area contributed by atoms with Crippen LogP contribution in [0.3, 0.4) is 0 Å². The molecule has 1 N–H and O–H groups in total. The molecule has 0 radical (unpaired) electrons. The number of para-hydroxylation sites is 1. The van der Waals surface area contributed by atoms with Gasteiger partial charge in [-0.15, -0.1) is 0 Å². The van der Waals surface area contributed by atoms with Crippen molar-refractivity contribution in [2.45, 2.75) is 19.4 Å². The summed E-state index contributed by atoms with van der Waals surface area (Å²) >= 11 is 0. The summed E-state index contributed by atoms with van der Waals surface area (Å²) in [6, 6.07) is 15.9. The number of benzene rings is 2. The summed E-state index contributed by atoms with van der Waals surface area (Å²) in [6.45, 7) is 1.54. The van der Waals surface area contributed by atoms with Crippen LogP contribution in [0.25, 0.3) is 0 Å². The van der Waals surface area contributed by atoms with E-state index in [2.05, 4.69) is 5.32 Å². The number of hydrogen-bond donors (Lipinski definition) is 1. The Balaban J connectivity index is 1.70. The molecule has 2 rings (SSSR count). The van der Waals surface area contributed by atoms with Gasteiger partial charge < -0.3 is 19.5 Å². The van der Waals surface area contributed by atoms with Crippen LogP contribution in [0.15, 0.2) is 48.5 Å². The molecule has 0 spiro atoms. The van der Waals surface area contributed by atoms with E-state index in [1.165, 1.54) is 6.92 Å². The van der Waals surface area contributed by atoms with Crippen LogP contribution in [0.5, 0.6) is 11.5 Å². The van der Waals surface area contributed by atoms with Crippen LogP contribution in [-0.2, 0) is 20.7 Å². The molecule has 0 heterocycles. The molecule has 0 aliphatic carbocycles. The van der Waals surface area contributed by atoms with Crippen molar-refractivity contribution in [3.05, 3.63) is 59.7 Å². The second-order valence-corrected chi connectivity index (χ2v) is 5.92. The highest BCUT2D eigenvalue weighted by Crippen LogP contribution is 2.17. The summed E-state index contributed by atoms with van der Waals surface area (Å²) in [6.07, 6.45) is -0.281. The van der Waals surface area contributed by atoms with Gasteiger partial charge in [0.05, 0.1) is 18.7 Å². The molecule has 2 aromatic rings. The van der Waals surface area contributed by atoms with Crippen LogP contribution in [-0.4, -0.2) is 38.2 Å². The van der Waals surface area contributed by atoms with E-state index in [1.807, 2.05) is 30.3 Å². The molecular formula is C21H22N2O5. The number of nitrogens with zero attached hydrogens (tertiary/aromatic N) is 1. The van der Waals surface area contributed by atoms with E-state index in [0.29, 0.717) is 24.3 Å². The van der Waals surface area contributed by atoms with Crippen molar-refractivity contribution in [3.8, 4) is 17.6 Å². The molecular weight excluding hydrogens is 360 g/mol. The zero-order valence-electron chi connectivity index (χ0n) is 15.8. The summed E-state index contributed by atoms with van der Waals surface area (Å²) in [5.74, 6) is 0.153. The van der Waals surface area contributed by atoms with E-state index < -0.39 is 18.0 Å². The van der Waals surface area contributed by atoms with Gasteiger partial charge in [0, 0.05) is 6.54 Å². The molecule has 0 fully saturated rings. The highest BCUT2D eigenvalue weighted by Gasteiger charge is 2.17. The molecule has 0 saturated carbocycles. The monoisotopic (exact) mass is 382 g/mol. The Bertz CT molecular complexity index is 843. The smallest absolute Gasteiger partial charge is 0.347 e. The van der Waals surface area contributed by atoms with Gasteiger partial charge in [0.2, 0.25) is 0 Å². The van der Waals surface area contributed by atoms with Crippen LogP contribution in [0.2, 0.25) is 0 Å². The number of carbonyl (C=O) groups excluding carboxylic acids is 2. The zero-order valence-corrected chi connectivity index (χ0v) is 15.8. The van der Waals surface area contributed by atoms with E-state index in [0.717, 1.165) is 11.3 Å². The lowest BCUT2D eigenvalue weighted by Gasteiger charge is -2.14. The van der Waals surface area contributed by atoms with Crippen molar-refractivity contribution in [2.75, 3.05) is 20.3 Å². The van der Waals surface area contributed by atoms with Gasteiger partial charge >= 0.3 is 5.97 Å². The van der Waals surface area contributed by atoms with Gasteiger partial charge in [-0.25, -0.2) is 4.79 Å². The fourth-order valence-electron chi connectivity index (χ4n) is 2.41. The molecule has 0 aliphatic rings. The summed E-state index contributed by atoms with van der Waals surface area (Å²) < 4.78 is 15.7. The quantitative estimate of drug-likeness (QED) is 0.668. The fraction of sp³-hybridized carbons (Fsp3) is 0.286. The third-order valence-corrected chi connectivity index (χ3v) is 3.88. The molecule has 0 aromatic heterocycles. The fourth-order valence-corrected chi connectivity index (χ4v) is 2.41. The van der Waals surface area contributed by atoms with Crippen molar-refractivity contribution in [1.82, 2.24) is 5.32 Å². The minimum absolute atomic E-state index is 0.383. The molecule has 1 amide bonds. The standard InChI is InChI=1S/C21H22N2O5/c1-15(28-18-9-7-16(13-22)8-10-18)21(25)27-14-20(24)23-12-11-17-5-3-4-6-19(17)26-2/h3-10,15H,11-12,14H2,1-2H3,(H,23,24)/t15-/m1/s1. The summed E-state index contributed by atoms with van der Waals surface area (Å²) in [7, 11) is 1.60. The molecule has 0 saturated heterocycles. The maximum atomic E-state index is 12.0. The molecule has 0 bridgehead atoms. The van der Waals surface area contributed by atoms with Gasteiger partial charge in [0.15, 0.2) is 12.7 Å². The maximum absolute atomic E-state index is 12.0. The average molecular weight is 382 g/mol. The minimum Gasteiger partial charge on any atom is -0.496 e. The second kappa shape index (κ2) is 10.6. The molecule has 28 heavy (non-hydrogen) atoms. The van der Waals surface area contributed by atoms with Crippen molar-refractivity contribution in [3.63, 3.8) is 0 Å². The van der Waals surface area contributed by atoms with E-state index in [-0.39, 0.29) is 6.61 Å². The molecule has 146 valence electrons. The first-order valence-electron chi connectivity index (χ1n) is 8.75. The number of hydrogen-bond acceptors (Lipinski definition) is 6. The predicted molar refractivity (Wildman–Crippen MR) is 102 cm³/mol. The third-order valence-electron chi connectivity index (χ3n) is 3.88. The first-order valence-corrected chi connectivity index (χ1v) is 8.75. The molecule has 7 nitrogen and oxygen atoms in total. The predicted octanol–water partition coefficient (Wildman–Crippen LogP) is 2.24. The number of amides is 1. The van der Waals surface area contributed by atoms with Crippen molar-refractivity contribution in [1.29, 1.82) is 5.26 Å². The number of carbonyl (C=O) groups is 2. The SMILES string of the molecule is COc1ccccc1CCNC(=O)COC(=O)[C@@H](C)Oc1ccc(C#N)cc1. The lowest BCUT2D eigenvalue weighted by molar-refractivity contribution is -0.154. The highest BCUT2D eigenvalue weighted by molar-refractivity contribution is 5.82. The van der Waals surface area contributed by atoms with Gasteiger partial charge in [-0.2, -0.15) is 5.26 Å². The largest absolute Gasteiger partial charge is 0.496 e. The topological polar surface area (TPSA) is 97.7 Å². The van der Waals surface area contributed by atoms with Gasteiger partial charge in [-0.3, -0.25) is 4.79 Å². The highest BCUT2D eigenvalue weighted by atomic mass is 16.6. The Kier molecular flexibility index (Phi) is 7.85. The Hall–Kier alpha value is -3.53. The Morgan fingerprint density at radius 1 is 1.14 bits per heavy atom. The summed E-state index contributed by atoms with van der Waals surface area (Å²) in [5.41, 5.74) is 1.47. The van der Waals surface area contributed by atoms with Gasteiger partial charge in [0.25, 0.3) is 5.91 Å². The molecule has 0 unspecified atom stereocenters. The lowest BCUT2D eigenvalue weighted by atomic mass is 10.1. The van der Waals surface area contributed by atoms with Crippen LogP contribution in [0, 0.1) is 11.3 Å². The van der Waals surface area contributed by atoms with E-state index in [1.54, 1.807) is 31.4 Å². The average Bonchev–Trinajstić information content (AvgIpc) is 2.72. The zero-order chi connectivity index (χ0) is 20.4. The van der Waals surface area contributed by atoms with Crippen LogP contribution in [0.1, 0.15) is 18.1 Å². The van der Waals surface area contributed by atoms with Crippen LogP contribution >= 0.6 is 0 Å². The Labute approximate surface area is 163 Å². The number of ether oxygens (including phenoxy) is 3. The lowest BCUT2D eigenvalue weighted by Crippen LogP contribution is -2.33. The summed E-state index contributed by atoms with van der Waals surface area (Å²) in [4.78, 5) is 23.8. The third kappa shape index (κ3) is 6.32.